The highest BCUT2D eigenvalue weighted by Gasteiger charge is 2.42. The second-order valence-electron chi connectivity index (χ2n) is 6.78. The minimum absolute atomic E-state index is 0.194. The first-order valence-corrected chi connectivity index (χ1v) is 7.61. The van der Waals surface area contributed by atoms with Crippen molar-refractivity contribution in [2.75, 3.05) is 6.54 Å². The molecular weight excluding hydrogens is 298 g/mol. The van der Waals surface area contributed by atoms with Crippen molar-refractivity contribution >= 4 is 12.1 Å². The second-order valence-corrected chi connectivity index (χ2v) is 6.78. The van der Waals surface area contributed by atoms with Crippen LogP contribution in [-0.2, 0) is 9.53 Å². The van der Waals surface area contributed by atoms with E-state index >= 15 is 0 Å². The van der Waals surface area contributed by atoms with E-state index in [1.807, 2.05) is 31.2 Å². The molecule has 2 rings (SSSR count). The number of aliphatic carboxylic acids is 1. The molecule has 0 spiro atoms. The van der Waals surface area contributed by atoms with E-state index in [1.54, 1.807) is 20.8 Å². The average Bonchev–Trinajstić information content (AvgIpc) is 2.81. The van der Waals surface area contributed by atoms with Crippen LogP contribution in [0.5, 0.6) is 5.75 Å². The van der Waals surface area contributed by atoms with Crippen molar-refractivity contribution in [3.05, 3.63) is 29.8 Å². The number of benzene rings is 1. The van der Waals surface area contributed by atoms with Crippen LogP contribution in [0.25, 0.3) is 0 Å². The number of carbonyl (C=O) groups excluding carboxylic acids is 1. The van der Waals surface area contributed by atoms with Crippen molar-refractivity contribution in [3.63, 3.8) is 0 Å². The van der Waals surface area contributed by atoms with Crippen molar-refractivity contribution < 1.29 is 24.2 Å². The lowest BCUT2D eigenvalue weighted by Gasteiger charge is -2.26. The smallest absolute Gasteiger partial charge is 0.411 e. The predicted molar refractivity (Wildman–Crippen MR) is 84.6 cm³/mol. The molecule has 1 saturated heterocycles. The van der Waals surface area contributed by atoms with Gasteiger partial charge in [0.15, 0.2) is 0 Å². The fourth-order valence-electron chi connectivity index (χ4n) is 2.52. The zero-order valence-electron chi connectivity index (χ0n) is 13.9. The summed E-state index contributed by atoms with van der Waals surface area (Å²) in [5, 5.41) is 9.35. The Balaban J connectivity index is 2.08. The molecule has 23 heavy (non-hydrogen) atoms. The van der Waals surface area contributed by atoms with Crippen LogP contribution in [0.3, 0.4) is 0 Å². The normalized spacial score (nSPS) is 21.1. The summed E-state index contributed by atoms with van der Waals surface area (Å²) in [7, 11) is 0. The quantitative estimate of drug-likeness (QED) is 0.926. The number of nitrogens with zero attached hydrogens (tertiary/aromatic N) is 1. The molecule has 1 aliphatic heterocycles. The molecular formula is C17H23NO5. The van der Waals surface area contributed by atoms with E-state index in [1.165, 1.54) is 4.90 Å². The standard InChI is InChI=1S/C17H23NO5/c1-11-6-5-7-12(8-11)22-13-9-14(15(19)20)18(10-13)16(21)23-17(2,3)4/h5-8,13-14H,9-10H2,1-4H3,(H,19,20)/t13-,14-/m0/s1. The van der Waals surface area contributed by atoms with Gasteiger partial charge in [0.25, 0.3) is 0 Å². The highest BCUT2D eigenvalue weighted by molar-refractivity contribution is 5.81. The van der Waals surface area contributed by atoms with E-state index < -0.39 is 23.7 Å². The fourth-order valence-corrected chi connectivity index (χ4v) is 2.52. The summed E-state index contributed by atoms with van der Waals surface area (Å²) < 4.78 is 11.1. The molecule has 0 aromatic heterocycles. The van der Waals surface area contributed by atoms with Gasteiger partial charge in [-0.3, -0.25) is 4.90 Å². The second kappa shape index (κ2) is 6.48. The van der Waals surface area contributed by atoms with Crippen molar-refractivity contribution in [3.8, 4) is 5.75 Å². The van der Waals surface area contributed by atoms with E-state index in [9.17, 15) is 14.7 Å². The van der Waals surface area contributed by atoms with Gasteiger partial charge in [-0.25, -0.2) is 9.59 Å². The molecule has 1 fully saturated rings. The maximum Gasteiger partial charge on any atom is 0.411 e. The van der Waals surface area contributed by atoms with E-state index in [2.05, 4.69) is 0 Å². The Morgan fingerprint density at radius 2 is 2.00 bits per heavy atom. The topological polar surface area (TPSA) is 76.1 Å². The van der Waals surface area contributed by atoms with E-state index in [-0.39, 0.29) is 19.1 Å². The number of carboxylic acids is 1. The summed E-state index contributed by atoms with van der Waals surface area (Å²) in [6, 6.07) is 6.60. The van der Waals surface area contributed by atoms with Gasteiger partial charge in [0.2, 0.25) is 0 Å². The highest BCUT2D eigenvalue weighted by atomic mass is 16.6. The molecule has 0 unspecified atom stereocenters. The van der Waals surface area contributed by atoms with Crippen LogP contribution in [-0.4, -0.2) is 46.4 Å². The van der Waals surface area contributed by atoms with Crippen LogP contribution in [0, 0.1) is 6.92 Å². The number of ether oxygens (including phenoxy) is 2. The molecule has 1 N–H and O–H groups in total. The Kier molecular flexibility index (Phi) is 4.82. The molecule has 6 heteroatoms. The molecule has 1 aromatic carbocycles. The van der Waals surface area contributed by atoms with Gasteiger partial charge in [-0.05, 0) is 45.4 Å². The molecule has 0 radical (unpaired) electrons. The lowest BCUT2D eigenvalue weighted by atomic mass is 10.2. The first-order valence-electron chi connectivity index (χ1n) is 7.61. The summed E-state index contributed by atoms with van der Waals surface area (Å²) in [6.45, 7) is 7.39. The third-order valence-corrected chi connectivity index (χ3v) is 3.47. The maximum atomic E-state index is 12.2. The van der Waals surface area contributed by atoms with E-state index in [0.717, 1.165) is 5.56 Å². The third-order valence-electron chi connectivity index (χ3n) is 3.47. The SMILES string of the molecule is Cc1cccc(O[C@H]2C[C@@H](C(=O)O)N(C(=O)OC(C)(C)C)C2)c1. The van der Waals surface area contributed by atoms with Gasteiger partial charge in [0.1, 0.15) is 23.5 Å². The molecule has 1 aromatic rings. The highest BCUT2D eigenvalue weighted by Crippen LogP contribution is 2.25. The Bertz CT molecular complexity index is 593. The minimum atomic E-state index is -1.05. The molecule has 1 heterocycles. The van der Waals surface area contributed by atoms with Crippen LogP contribution in [0.4, 0.5) is 4.79 Å². The third kappa shape index (κ3) is 4.61. The summed E-state index contributed by atoms with van der Waals surface area (Å²) >= 11 is 0. The van der Waals surface area contributed by atoms with Crippen molar-refractivity contribution in [2.45, 2.75) is 51.9 Å². The number of carbonyl (C=O) groups is 2. The van der Waals surface area contributed by atoms with Crippen molar-refractivity contribution in [2.24, 2.45) is 0 Å². The number of amides is 1. The van der Waals surface area contributed by atoms with Crippen molar-refractivity contribution in [1.82, 2.24) is 4.90 Å². The van der Waals surface area contributed by atoms with Gasteiger partial charge >= 0.3 is 12.1 Å². The van der Waals surface area contributed by atoms with Crippen LogP contribution in [0.15, 0.2) is 24.3 Å². The average molecular weight is 321 g/mol. The molecule has 0 saturated carbocycles. The van der Waals surface area contributed by atoms with Gasteiger partial charge in [-0.15, -0.1) is 0 Å². The van der Waals surface area contributed by atoms with Crippen LogP contribution in [0.2, 0.25) is 0 Å². The monoisotopic (exact) mass is 321 g/mol. The zero-order valence-corrected chi connectivity index (χ0v) is 13.9. The zero-order chi connectivity index (χ0) is 17.2. The van der Waals surface area contributed by atoms with Gasteiger partial charge in [-0.2, -0.15) is 0 Å². The number of hydrogen-bond acceptors (Lipinski definition) is 4. The summed E-state index contributed by atoms with van der Waals surface area (Å²) in [4.78, 5) is 24.9. The molecule has 0 bridgehead atoms. The Labute approximate surface area is 136 Å². The lowest BCUT2D eigenvalue weighted by Crippen LogP contribution is -2.43. The molecule has 1 aliphatic rings. The van der Waals surface area contributed by atoms with E-state index in [0.29, 0.717) is 5.75 Å². The van der Waals surface area contributed by atoms with Gasteiger partial charge in [0.05, 0.1) is 6.54 Å². The minimum Gasteiger partial charge on any atom is -0.488 e. The Morgan fingerprint density at radius 1 is 1.30 bits per heavy atom. The number of hydrogen-bond donors (Lipinski definition) is 1. The Hall–Kier alpha value is -2.24. The number of carboxylic acid groups (broad SMARTS) is 1. The number of likely N-dealkylation sites (tertiary alicyclic amines) is 1. The summed E-state index contributed by atoms with van der Waals surface area (Å²) in [5.41, 5.74) is 0.384. The van der Waals surface area contributed by atoms with Gasteiger partial charge in [0, 0.05) is 6.42 Å². The molecule has 0 aliphatic carbocycles. The number of aryl methyl sites for hydroxylation is 1. The predicted octanol–water partition coefficient (Wildman–Crippen LogP) is 2.84. The van der Waals surface area contributed by atoms with Gasteiger partial charge < -0.3 is 14.6 Å². The van der Waals surface area contributed by atoms with E-state index in [4.69, 9.17) is 9.47 Å². The fraction of sp³-hybridized carbons (Fsp3) is 0.529. The lowest BCUT2D eigenvalue weighted by molar-refractivity contribution is -0.142. The summed E-state index contributed by atoms with van der Waals surface area (Å²) in [5.74, 6) is -0.378. The maximum absolute atomic E-state index is 12.2. The van der Waals surface area contributed by atoms with Gasteiger partial charge in [-0.1, -0.05) is 12.1 Å². The molecule has 2 atom stereocenters. The van der Waals surface area contributed by atoms with Crippen LogP contribution in [0.1, 0.15) is 32.8 Å². The van der Waals surface area contributed by atoms with Crippen molar-refractivity contribution in [1.29, 1.82) is 0 Å². The van der Waals surface area contributed by atoms with Crippen LogP contribution >= 0.6 is 0 Å². The first kappa shape index (κ1) is 17.1. The molecule has 126 valence electrons. The largest absolute Gasteiger partial charge is 0.488 e. The van der Waals surface area contributed by atoms with Crippen LogP contribution < -0.4 is 4.74 Å². The first-order chi connectivity index (χ1) is 10.7. The molecule has 6 nitrogen and oxygen atoms in total. The number of rotatable bonds is 3. The Morgan fingerprint density at radius 3 is 2.57 bits per heavy atom. The molecule has 1 amide bonds. The summed E-state index contributed by atoms with van der Waals surface area (Å²) in [6.07, 6.45) is -0.756.